The summed E-state index contributed by atoms with van der Waals surface area (Å²) >= 11 is 3.35. The van der Waals surface area contributed by atoms with Crippen LogP contribution in [0.3, 0.4) is 0 Å². The summed E-state index contributed by atoms with van der Waals surface area (Å²) in [5, 5.41) is 2.74. The number of hydrogen-bond donors (Lipinski definition) is 1. The number of hydrogen-bond acceptors (Lipinski definition) is 4. The Labute approximate surface area is 155 Å². The van der Waals surface area contributed by atoms with Crippen LogP contribution in [0.1, 0.15) is 22.8 Å². The second-order valence-corrected chi connectivity index (χ2v) is 6.23. The predicted molar refractivity (Wildman–Crippen MR) is 98.7 cm³/mol. The highest BCUT2D eigenvalue weighted by Gasteiger charge is 2.24. The fourth-order valence-corrected chi connectivity index (χ4v) is 2.74. The summed E-state index contributed by atoms with van der Waals surface area (Å²) in [6.45, 7) is 2.28. The molecule has 0 aliphatic carbocycles. The summed E-state index contributed by atoms with van der Waals surface area (Å²) in [7, 11) is 1.30. The van der Waals surface area contributed by atoms with E-state index in [1.54, 1.807) is 18.2 Å². The molecule has 0 aliphatic rings. The number of carbonyl (C=O) groups excluding carboxylic acids is 2. The maximum atomic E-state index is 12.7. The lowest BCUT2D eigenvalue weighted by Gasteiger charge is -2.18. The number of carbonyl (C=O) groups is 2. The molecular formula is C19H20BrNO4. The Kier molecular flexibility index (Phi) is 7.01. The van der Waals surface area contributed by atoms with Gasteiger partial charge in [-0.25, -0.2) is 4.79 Å². The van der Waals surface area contributed by atoms with Crippen molar-refractivity contribution < 1.29 is 19.1 Å². The van der Waals surface area contributed by atoms with Gasteiger partial charge in [0.25, 0.3) is 5.91 Å². The van der Waals surface area contributed by atoms with Gasteiger partial charge in [-0.05, 0) is 30.7 Å². The van der Waals surface area contributed by atoms with Gasteiger partial charge < -0.3 is 14.8 Å². The lowest BCUT2D eigenvalue weighted by Crippen LogP contribution is -2.43. The monoisotopic (exact) mass is 405 g/mol. The van der Waals surface area contributed by atoms with E-state index in [-0.39, 0.29) is 0 Å². The Morgan fingerprint density at radius 2 is 1.88 bits per heavy atom. The summed E-state index contributed by atoms with van der Waals surface area (Å²) in [6.07, 6.45) is 0.344. The number of rotatable bonds is 7. The fraction of sp³-hybridized carbons (Fsp3) is 0.263. The lowest BCUT2D eigenvalue weighted by molar-refractivity contribution is -0.142. The van der Waals surface area contributed by atoms with Crippen LogP contribution in [0.15, 0.2) is 53.0 Å². The molecule has 0 aliphatic heterocycles. The molecule has 0 fully saturated rings. The maximum absolute atomic E-state index is 12.7. The summed E-state index contributed by atoms with van der Waals surface area (Å²) in [5.41, 5.74) is 1.29. The average molecular weight is 406 g/mol. The normalized spacial score (nSPS) is 11.5. The van der Waals surface area contributed by atoms with E-state index >= 15 is 0 Å². The first-order valence-electron chi connectivity index (χ1n) is 7.90. The Hall–Kier alpha value is -2.34. The van der Waals surface area contributed by atoms with Crippen LogP contribution in [0.2, 0.25) is 0 Å². The van der Waals surface area contributed by atoms with Gasteiger partial charge in [-0.1, -0.05) is 46.3 Å². The number of esters is 1. The zero-order chi connectivity index (χ0) is 18.2. The van der Waals surface area contributed by atoms with Crippen LogP contribution >= 0.6 is 15.9 Å². The van der Waals surface area contributed by atoms with E-state index in [1.807, 2.05) is 37.3 Å². The molecule has 132 valence electrons. The molecule has 2 aromatic rings. The van der Waals surface area contributed by atoms with E-state index in [1.165, 1.54) is 7.11 Å². The first kappa shape index (κ1) is 19.0. The molecule has 1 atom stereocenters. The number of ether oxygens (including phenoxy) is 2. The van der Waals surface area contributed by atoms with Gasteiger partial charge in [-0.15, -0.1) is 0 Å². The molecule has 0 heterocycles. The number of benzene rings is 2. The van der Waals surface area contributed by atoms with E-state index in [0.29, 0.717) is 24.3 Å². The Morgan fingerprint density at radius 3 is 2.52 bits per heavy atom. The van der Waals surface area contributed by atoms with Crippen LogP contribution < -0.4 is 10.1 Å². The average Bonchev–Trinajstić information content (AvgIpc) is 2.63. The molecule has 0 radical (unpaired) electrons. The number of amides is 1. The fourth-order valence-electron chi connectivity index (χ4n) is 2.38. The molecule has 2 rings (SSSR count). The van der Waals surface area contributed by atoms with Crippen molar-refractivity contribution in [1.29, 1.82) is 0 Å². The lowest BCUT2D eigenvalue weighted by atomic mass is 10.1. The molecular weight excluding hydrogens is 386 g/mol. The van der Waals surface area contributed by atoms with E-state index in [9.17, 15) is 9.59 Å². The van der Waals surface area contributed by atoms with Crippen molar-refractivity contribution in [3.8, 4) is 5.75 Å². The van der Waals surface area contributed by atoms with Crippen molar-refractivity contribution in [2.24, 2.45) is 0 Å². The molecule has 2 aromatic carbocycles. The molecule has 0 aromatic heterocycles. The number of halogens is 1. The van der Waals surface area contributed by atoms with Gasteiger partial charge in [0.1, 0.15) is 11.8 Å². The molecule has 1 unspecified atom stereocenters. The maximum Gasteiger partial charge on any atom is 0.328 e. The van der Waals surface area contributed by atoms with Crippen molar-refractivity contribution in [3.63, 3.8) is 0 Å². The van der Waals surface area contributed by atoms with Crippen LogP contribution in [0.4, 0.5) is 0 Å². The number of methoxy groups -OCH3 is 1. The van der Waals surface area contributed by atoms with E-state index < -0.39 is 17.9 Å². The molecule has 0 saturated heterocycles. The zero-order valence-electron chi connectivity index (χ0n) is 14.1. The Bertz CT molecular complexity index is 733. The highest BCUT2D eigenvalue weighted by atomic mass is 79.9. The summed E-state index contributed by atoms with van der Waals surface area (Å²) < 4.78 is 11.1. The quantitative estimate of drug-likeness (QED) is 0.717. The minimum Gasteiger partial charge on any atom is -0.493 e. The molecule has 0 bridgehead atoms. The van der Waals surface area contributed by atoms with Crippen LogP contribution in [0.25, 0.3) is 0 Å². The summed E-state index contributed by atoms with van der Waals surface area (Å²) in [5.74, 6) is -0.423. The Morgan fingerprint density at radius 1 is 1.16 bits per heavy atom. The van der Waals surface area contributed by atoms with Gasteiger partial charge in [0.2, 0.25) is 0 Å². The SMILES string of the molecule is CCOc1ccc(Br)cc1C(=O)NC(Cc1ccccc1)C(=O)OC. The van der Waals surface area contributed by atoms with Gasteiger partial charge in [-0.2, -0.15) is 0 Å². The van der Waals surface area contributed by atoms with Crippen molar-refractivity contribution in [2.75, 3.05) is 13.7 Å². The third-order valence-corrected chi connectivity index (χ3v) is 4.05. The van der Waals surface area contributed by atoms with Gasteiger partial charge in [-0.3, -0.25) is 4.79 Å². The molecule has 5 nitrogen and oxygen atoms in total. The molecule has 0 spiro atoms. The zero-order valence-corrected chi connectivity index (χ0v) is 15.7. The molecule has 1 amide bonds. The highest BCUT2D eigenvalue weighted by molar-refractivity contribution is 9.10. The summed E-state index contributed by atoms with van der Waals surface area (Å²) in [6, 6.07) is 13.8. The summed E-state index contributed by atoms with van der Waals surface area (Å²) in [4.78, 5) is 24.8. The molecule has 1 N–H and O–H groups in total. The topological polar surface area (TPSA) is 64.6 Å². The third-order valence-electron chi connectivity index (χ3n) is 3.56. The van der Waals surface area contributed by atoms with E-state index in [2.05, 4.69) is 21.2 Å². The van der Waals surface area contributed by atoms with Crippen molar-refractivity contribution in [2.45, 2.75) is 19.4 Å². The molecule has 0 saturated carbocycles. The smallest absolute Gasteiger partial charge is 0.328 e. The van der Waals surface area contributed by atoms with Crippen molar-refractivity contribution in [3.05, 3.63) is 64.1 Å². The van der Waals surface area contributed by atoms with Gasteiger partial charge in [0, 0.05) is 10.9 Å². The van der Waals surface area contributed by atoms with Crippen LogP contribution in [0, 0.1) is 0 Å². The Balaban J connectivity index is 2.22. The minimum absolute atomic E-state index is 0.344. The van der Waals surface area contributed by atoms with E-state index in [4.69, 9.17) is 9.47 Å². The van der Waals surface area contributed by atoms with E-state index in [0.717, 1.165) is 10.0 Å². The first-order chi connectivity index (χ1) is 12.0. The van der Waals surface area contributed by atoms with Crippen LogP contribution in [-0.4, -0.2) is 31.6 Å². The van der Waals surface area contributed by atoms with Gasteiger partial charge in [0.15, 0.2) is 0 Å². The molecule has 6 heteroatoms. The minimum atomic E-state index is -0.784. The largest absolute Gasteiger partial charge is 0.493 e. The molecule has 25 heavy (non-hydrogen) atoms. The van der Waals surface area contributed by atoms with Gasteiger partial charge >= 0.3 is 5.97 Å². The second-order valence-electron chi connectivity index (χ2n) is 5.31. The predicted octanol–water partition coefficient (Wildman–Crippen LogP) is 3.36. The van der Waals surface area contributed by atoms with Crippen LogP contribution in [-0.2, 0) is 16.0 Å². The third kappa shape index (κ3) is 5.32. The first-order valence-corrected chi connectivity index (χ1v) is 8.69. The second kappa shape index (κ2) is 9.22. The van der Waals surface area contributed by atoms with Gasteiger partial charge in [0.05, 0.1) is 19.3 Å². The number of nitrogens with one attached hydrogen (secondary N) is 1. The van der Waals surface area contributed by atoms with Crippen molar-refractivity contribution in [1.82, 2.24) is 5.32 Å². The van der Waals surface area contributed by atoms with Crippen LogP contribution in [0.5, 0.6) is 5.75 Å². The van der Waals surface area contributed by atoms with Crippen molar-refractivity contribution >= 4 is 27.8 Å². The standard InChI is InChI=1S/C19H20BrNO4/c1-3-25-17-10-9-14(20)12-15(17)18(22)21-16(19(23)24-2)11-13-7-5-4-6-8-13/h4-10,12,16H,3,11H2,1-2H3,(H,21,22). The highest BCUT2D eigenvalue weighted by Crippen LogP contribution is 2.23.